The largest absolute Gasteiger partial charge is 0.459 e. The summed E-state index contributed by atoms with van der Waals surface area (Å²) in [7, 11) is 0. The second kappa shape index (κ2) is 8.26. The van der Waals surface area contributed by atoms with Crippen LogP contribution in [0.1, 0.15) is 17.0 Å². The number of aliphatic hydroxyl groups is 1. The van der Waals surface area contributed by atoms with E-state index in [4.69, 9.17) is 19.5 Å². The number of anilines is 2. The standard InChI is InChI=1S/C20H23N5O3/c26-13-4-8-21-18-15-5-1-2-6-16(15)22-20(23-18)25-11-9-24(10-12-25)19(27)17-7-3-14-28-17/h1-3,5-7,14,26H,4,8-13H2,(H,21,22,23). The lowest BCUT2D eigenvalue weighted by atomic mass is 10.2. The van der Waals surface area contributed by atoms with E-state index in [9.17, 15) is 4.79 Å². The Balaban J connectivity index is 1.50. The van der Waals surface area contributed by atoms with Crippen LogP contribution < -0.4 is 10.2 Å². The summed E-state index contributed by atoms with van der Waals surface area (Å²) in [4.78, 5) is 25.7. The van der Waals surface area contributed by atoms with Crippen molar-refractivity contribution < 1.29 is 14.3 Å². The summed E-state index contributed by atoms with van der Waals surface area (Å²) < 4.78 is 5.22. The molecule has 0 radical (unpaired) electrons. The smallest absolute Gasteiger partial charge is 0.289 e. The van der Waals surface area contributed by atoms with Gasteiger partial charge in [0.2, 0.25) is 5.95 Å². The second-order valence-corrected chi connectivity index (χ2v) is 6.65. The number of furan rings is 1. The van der Waals surface area contributed by atoms with Crippen molar-refractivity contribution in [2.24, 2.45) is 0 Å². The molecule has 8 heteroatoms. The molecule has 0 unspecified atom stereocenters. The van der Waals surface area contributed by atoms with E-state index >= 15 is 0 Å². The molecule has 0 saturated carbocycles. The summed E-state index contributed by atoms with van der Waals surface area (Å²) in [6.07, 6.45) is 2.17. The molecule has 0 spiro atoms. The maximum atomic E-state index is 12.4. The summed E-state index contributed by atoms with van der Waals surface area (Å²) in [5.41, 5.74) is 0.869. The number of rotatable bonds is 6. The van der Waals surface area contributed by atoms with Gasteiger partial charge in [0.25, 0.3) is 5.91 Å². The quantitative estimate of drug-likeness (QED) is 0.631. The van der Waals surface area contributed by atoms with Crippen LogP contribution in [-0.2, 0) is 0 Å². The van der Waals surface area contributed by atoms with Crippen molar-refractivity contribution in [3.05, 3.63) is 48.4 Å². The molecule has 3 aromatic rings. The summed E-state index contributed by atoms with van der Waals surface area (Å²) in [5, 5.41) is 13.3. The van der Waals surface area contributed by atoms with Crippen LogP contribution in [0.15, 0.2) is 47.1 Å². The monoisotopic (exact) mass is 381 g/mol. The number of carbonyl (C=O) groups is 1. The van der Waals surface area contributed by atoms with Gasteiger partial charge in [-0.15, -0.1) is 0 Å². The predicted octanol–water partition coefficient (Wildman–Crippen LogP) is 1.98. The fraction of sp³-hybridized carbons (Fsp3) is 0.350. The van der Waals surface area contributed by atoms with Gasteiger partial charge in [-0.25, -0.2) is 4.98 Å². The van der Waals surface area contributed by atoms with Crippen LogP contribution in [0.25, 0.3) is 10.9 Å². The number of nitrogens with zero attached hydrogens (tertiary/aromatic N) is 4. The summed E-state index contributed by atoms with van der Waals surface area (Å²) in [6, 6.07) is 11.3. The van der Waals surface area contributed by atoms with Gasteiger partial charge in [-0.1, -0.05) is 12.1 Å². The molecular formula is C20H23N5O3. The number of amides is 1. The number of hydrogen-bond acceptors (Lipinski definition) is 7. The van der Waals surface area contributed by atoms with Crippen molar-refractivity contribution in [3.63, 3.8) is 0 Å². The normalized spacial score (nSPS) is 14.5. The van der Waals surface area contributed by atoms with Crippen molar-refractivity contribution >= 4 is 28.6 Å². The summed E-state index contributed by atoms with van der Waals surface area (Å²) in [5.74, 6) is 1.69. The zero-order chi connectivity index (χ0) is 19.3. The maximum absolute atomic E-state index is 12.4. The molecule has 28 heavy (non-hydrogen) atoms. The topological polar surface area (TPSA) is 94.7 Å². The van der Waals surface area contributed by atoms with Gasteiger partial charge in [0, 0.05) is 44.7 Å². The van der Waals surface area contributed by atoms with Gasteiger partial charge in [-0.3, -0.25) is 4.79 Å². The van der Waals surface area contributed by atoms with Crippen LogP contribution >= 0.6 is 0 Å². The third-order valence-corrected chi connectivity index (χ3v) is 4.80. The fourth-order valence-corrected chi connectivity index (χ4v) is 3.29. The van der Waals surface area contributed by atoms with Crippen molar-refractivity contribution in [3.8, 4) is 0 Å². The zero-order valence-electron chi connectivity index (χ0n) is 15.5. The first kappa shape index (κ1) is 18.2. The Morgan fingerprint density at radius 3 is 2.68 bits per heavy atom. The van der Waals surface area contributed by atoms with E-state index in [0.717, 1.165) is 16.7 Å². The van der Waals surface area contributed by atoms with Crippen molar-refractivity contribution in [2.45, 2.75) is 6.42 Å². The number of aromatic nitrogens is 2. The maximum Gasteiger partial charge on any atom is 0.289 e. The van der Waals surface area contributed by atoms with Crippen molar-refractivity contribution in [1.82, 2.24) is 14.9 Å². The highest BCUT2D eigenvalue weighted by molar-refractivity contribution is 5.92. The molecule has 0 atom stereocenters. The molecule has 0 bridgehead atoms. The average molecular weight is 381 g/mol. The molecule has 146 valence electrons. The lowest BCUT2D eigenvalue weighted by molar-refractivity contribution is 0.0714. The highest BCUT2D eigenvalue weighted by Crippen LogP contribution is 2.24. The third kappa shape index (κ3) is 3.77. The number of para-hydroxylation sites is 1. The first-order chi connectivity index (χ1) is 13.8. The van der Waals surface area contributed by atoms with E-state index in [1.807, 2.05) is 24.3 Å². The minimum atomic E-state index is -0.0876. The minimum absolute atomic E-state index is 0.0876. The molecule has 3 heterocycles. The number of benzene rings is 1. The Bertz CT molecular complexity index is 936. The molecule has 1 saturated heterocycles. The van der Waals surface area contributed by atoms with Crippen LogP contribution in [0.4, 0.5) is 11.8 Å². The van der Waals surface area contributed by atoms with E-state index in [1.165, 1.54) is 6.26 Å². The number of fused-ring (bicyclic) bond motifs is 1. The Labute approximate surface area is 162 Å². The van der Waals surface area contributed by atoms with Gasteiger partial charge in [0.15, 0.2) is 5.76 Å². The molecular weight excluding hydrogens is 358 g/mol. The molecule has 2 aromatic heterocycles. The number of hydrogen-bond donors (Lipinski definition) is 2. The van der Waals surface area contributed by atoms with Gasteiger partial charge in [-0.2, -0.15) is 4.98 Å². The van der Waals surface area contributed by atoms with E-state index < -0.39 is 0 Å². The first-order valence-electron chi connectivity index (χ1n) is 9.45. The van der Waals surface area contributed by atoms with Crippen LogP contribution in [0.2, 0.25) is 0 Å². The van der Waals surface area contributed by atoms with Crippen molar-refractivity contribution in [1.29, 1.82) is 0 Å². The van der Waals surface area contributed by atoms with Crippen LogP contribution in [0.3, 0.4) is 0 Å². The molecule has 1 aliphatic rings. The number of nitrogens with one attached hydrogen (secondary N) is 1. The third-order valence-electron chi connectivity index (χ3n) is 4.80. The Morgan fingerprint density at radius 1 is 1.11 bits per heavy atom. The van der Waals surface area contributed by atoms with E-state index in [1.54, 1.807) is 17.0 Å². The Morgan fingerprint density at radius 2 is 1.93 bits per heavy atom. The van der Waals surface area contributed by atoms with E-state index in [0.29, 0.717) is 50.9 Å². The molecule has 1 aliphatic heterocycles. The molecule has 4 rings (SSSR count). The summed E-state index contributed by atoms with van der Waals surface area (Å²) >= 11 is 0. The molecule has 1 aromatic carbocycles. The SMILES string of the molecule is O=C(c1ccco1)N1CCN(c2nc(NCCCO)c3ccccc3n2)CC1. The minimum Gasteiger partial charge on any atom is -0.459 e. The van der Waals surface area contributed by atoms with Crippen LogP contribution in [0.5, 0.6) is 0 Å². The molecule has 2 N–H and O–H groups in total. The lowest BCUT2D eigenvalue weighted by Crippen LogP contribution is -2.49. The molecule has 1 amide bonds. The highest BCUT2D eigenvalue weighted by atomic mass is 16.3. The van der Waals surface area contributed by atoms with Gasteiger partial charge in [0.1, 0.15) is 5.82 Å². The number of carbonyl (C=O) groups excluding carboxylic acids is 1. The van der Waals surface area contributed by atoms with Gasteiger partial charge in [-0.05, 0) is 30.7 Å². The van der Waals surface area contributed by atoms with Crippen LogP contribution in [-0.4, -0.2) is 65.2 Å². The summed E-state index contributed by atoms with van der Waals surface area (Å²) in [6.45, 7) is 3.25. The second-order valence-electron chi connectivity index (χ2n) is 6.65. The number of aliphatic hydroxyl groups excluding tert-OH is 1. The number of piperazine rings is 1. The van der Waals surface area contributed by atoms with E-state index in [-0.39, 0.29) is 12.5 Å². The predicted molar refractivity (Wildman–Crippen MR) is 107 cm³/mol. The van der Waals surface area contributed by atoms with Crippen LogP contribution in [0, 0.1) is 0 Å². The zero-order valence-corrected chi connectivity index (χ0v) is 15.5. The average Bonchev–Trinajstić information content (AvgIpc) is 3.28. The molecule has 8 nitrogen and oxygen atoms in total. The van der Waals surface area contributed by atoms with Gasteiger partial charge < -0.3 is 24.6 Å². The van der Waals surface area contributed by atoms with Gasteiger partial charge in [0.05, 0.1) is 11.8 Å². The Hall–Kier alpha value is -3.13. The lowest BCUT2D eigenvalue weighted by Gasteiger charge is -2.34. The molecule has 1 fully saturated rings. The van der Waals surface area contributed by atoms with Gasteiger partial charge >= 0.3 is 0 Å². The fourth-order valence-electron chi connectivity index (χ4n) is 3.29. The molecule has 0 aliphatic carbocycles. The Kier molecular flexibility index (Phi) is 5.38. The first-order valence-corrected chi connectivity index (χ1v) is 9.45. The van der Waals surface area contributed by atoms with Crippen molar-refractivity contribution in [2.75, 3.05) is 49.5 Å². The highest BCUT2D eigenvalue weighted by Gasteiger charge is 2.25. The van der Waals surface area contributed by atoms with E-state index in [2.05, 4.69) is 10.2 Å².